The van der Waals surface area contributed by atoms with Crippen molar-refractivity contribution in [3.8, 4) is 11.8 Å². The van der Waals surface area contributed by atoms with E-state index in [4.69, 9.17) is 4.74 Å². The molecule has 0 saturated heterocycles. The van der Waals surface area contributed by atoms with E-state index in [-0.39, 0.29) is 12.2 Å². The molecule has 1 N–H and O–H groups in total. The molecule has 0 saturated carbocycles. The summed E-state index contributed by atoms with van der Waals surface area (Å²) in [4.78, 5) is 24.0. The maximum atomic E-state index is 12.5. The number of nitrogens with zero attached hydrogens (tertiary/aromatic N) is 1. The van der Waals surface area contributed by atoms with Crippen LogP contribution in [0.15, 0.2) is 84.4 Å². The Labute approximate surface area is 180 Å². The molecule has 0 aliphatic heterocycles. The summed E-state index contributed by atoms with van der Waals surface area (Å²) in [6.07, 6.45) is 1.49. The minimum Gasteiger partial charge on any atom is -0.488 e. The van der Waals surface area contributed by atoms with Gasteiger partial charge in [0, 0.05) is 11.3 Å². The Balaban J connectivity index is 1.73. The quantitative estimate of drug-likeness (QED) is 0.348. The van der Waals surface area contributed by atoms with E-state index in [1.54, 1.807) is 66.7 Å². The van der Waals surface area contributed by atoms with Crippen molar-refractivity contribution in [2.75, 3.05) is 12.4 Å². The molecule has 6 nitrogen and oxygen atoms in total. The van der Waals surface area contributed by atoms with Gasteiger partial charge in [0.15, 0.2) is 0 Å². The summed E-state index contributed by atoms with van der Waals surface area (Å²) in [5.74, 6) is -0.373. The number of amides is 1. The van der Waals surface area contributed by atoms with Crippen LogP contribution < -0.4 is 10.1 Å². The lowest BCUT2D eigenvalue weighted by Crippen LogP contribution is -2.13. The van der Waals surface area contributed by atoms with Gasteiger partial charge in [-0.1, -0.05) is 48.5 Å². The maximum Gasteiger partial charge on any atom is 0.337 e. The zero-order valence-corrected chi connectivity index (χ0v) is 16.9. The van der Waals surface area contributed by atoms with Crippen molar-refractivity contribution in [3.63, 3.8) is 0 Å². The fourth-order valence-corrected chi connectivity index (χ4v) is 2.77. The smallest absolute Gasteiger partial charge is 0.337 e. The highest BCUT2D eigenvalue weighted by atomic mass is 16.5. The molecule has 0 bridgehead atoms. The van der Waals surface area contributed by atoms with Crippen molar-refractivity contribution < 1.29 is 19.1 Å². The molecule has 0 aliphatic carbocycles. The summed E-state index contributed by atoms with van der Waals surface area (Å²) >= 11 is 0. The zero-order chi connectivity index (χ0) is 22.1. The van der Waals surface area contributed by atoms with Crippen molar-refractivity contribution >= 4 is 23.6 Å². The first-order valence-corrected chi connectivity index (χ1v) is 9.48. The first-order valence-electron chi connectivity index (χ1n) is 9.48. The first-order chi connectivity index (χ1) is 15.1. The van der Waals surface area contributed by atoms with Crippen molar-refractivity contribution in [1.29, 1.82) is 5.26 Å². The van der Waals surface area contributed by atoms with E-state index < -0.39 is 11.9 Å². The Morgan fingerprint density at radius 1 is 0.968 bits per heavy atom. The number of hydrogen-bond acceptors (Lipinski definition) is 5. The Morgan fingerprint density at radius 2 is 1.65 bits per heavy atom. The van der Waals surface area contributed by atoms with Crippen LogP contribution in [0.1, 0.15) is 21.5 Å². The molecule has 3 aromatic carbocycles. The molecule has 0 aliphatic rings. The number of ether oxygens (including phenoxy) is 2. The average molecular weight is 412 g/mol. The normalized spacial score (nSPS) is 10.6. The van der Waals surface area contributed by atoms with Crippen molar-refractivity contribution in [3.05, 3.63) is 101 Å². The Bertz CT molecular complexity index is 1130. The van der Waals surface area contributed by atoms with Crippen LogP contribution in [0, 0.1) is 11.3 Å². The van der Waals surface area contributed by atoms with Crippen LogP contribution >= 0.6 is 0 Å². The number of carbonyl (C=O) groups is 2. The highest BCUT2D eigenvalue weighted by molar-refractivity contribution is 6.09. The highest BCUT2D eigenvalue weighted by Gasteiger charge is 2.11. The van der Waals surface area contributed by atoms with Crippen molar-refractivity contribution in [2.24, 2.45) is 0 Å². The summed E-state index contributed by atoms with van der Waals surface area (Å²) in [6.45, 7) is 0.254. The summed E-state index contributed by atoms with van der Waals surface area (Å²) in [6, 6.07) is 24.9. The van der Waals surface area contributed by atoms with Gasteiger partial charge in [0.05, 0.1) is 12.7 Å². The second kappa shape index (κ2) is 10.4. The molecular formula is C25H20N2O4. The van der Waals surface area contributed by atoms with Crippen LogP contribution in [0.3, 0.4) is 0 Å². The summed E-state index contributed by atoms with van der Waals surface area (Å²) in [7, 11) is 1.33. The lowest BCUT2D eigenvalue weighted by Gasteiger charge is -2.10. The van der Waals surface area contributed by atoms with Gasteiger partial charge in [-0.15, -0.1) is 0 Å². The van der Waals surface area contributed by atoms with E-state index in [0.29, 0.717) is 22.6 Å². The van der Waals surface area contributed by atoms with Crippen LogP contribution in [0.4, 0.5) is 5.69 Å². The second-order valence-corrected chi connectivity index (χ2v) is 6.50. The molecule has 0 aromatic heterocycles. The third-order valence-electron chi connectivity index (χ3n) is 4.38. The van der Waals surface area contributed by atoms with Gasteiger partial charge in [0.1, 0.15) is 24.0 Å². The van der Waals surface area contributed by atoms with Crippen LogP contribution in [0.5, 0.6) is 5.75 Å². The van der Waals surface area contributed by atoms with E-state index in [1.165, 1.54) is 13.2 Å². The van der Waals surface area contributed by atoms with Crippen LogP contribution in [0.25, 0.3) is 6.08 Å². The van der Waals surface area contributed by atoms with Gasteiger partial charge in [0.25, 0.3) is 5.91 Å². The number of hydrogen-bond donors (Lipinski definition) is 1. The fraction of sp³-hybridized carbons (Fsp3) is 0.0800. The van der Waals surface area contributed by atoms with Gasteiger partial charge in [-0.2, -0.15) is 5.26 Å². The number of nitrogens with one attached hydrogen (secondary N) is 1. The number of rotatable bonds is 7. The van der Waals surface area contributed by atoms with Gasteiger partial charge < -0.3 is 14.8 Å². The Morgan fingerprint density at radius 3 is 2.32 bits per heavy atom. The molecule has 0 spiro atoms. The zero-order valence-electron chi connectivity index (χ0n) is 16.9. The van der Waals surface area contributed by atoms with Gasteiger partial charge in [-0.25, -0.2) is 4.79 Å². The van der Waals surface area contributed by atoms with Gasteiger partial charge >= 0.3 is 5.97 Å². The monoisotopic (exact) mass is 412 g/mol. The van der Waals surface area contributed by atoms with Gasteiger partial charge in [-0.05, 0) is 42.0 Å². The lowest BCUT2D eigenvalue weighted by atomic mass is 10.1. The first kappa shape index (κ1) is 21.3. The minimum atomic E-state index is -0.498. The summed E-state index contributed by atoms with van der Waals surface area (Å²) < 4.78 is 10.6. The average Bonchev–Trinajstić information content (AvgIpc) is 2.82. The molecule has 154 valence electrons. The minimum absolute atomic E-state index is 0.0395. The predicted octanol–water partition coefficient (Wildman–Crippen LogP) is 4.60. The number of benzene rings is 3. The summed E-state index contributed by atoms with van der Waals surface area (Å²) in [5, 5.41) is 12.2. The van der Waals surface area contributed by atoms with Crippen molar-refractivity contribution in [2.45, 2.75) is 6.61 Å². The van der Waals surface area contributed by atoms with Crippen LogP contribution in [-0.4, -0.2) is 19.0 Å². The molecule has 6 heteroatoms. The van der Waals surface area contributed by atoms with E-state index in [1.807, 2.05) is 18.2 Å². The largest absolute Gasteiger partial charge is 0.488 e. The van der Waals surface area contributed by atoms with Gasteiger partial charge in [-0.3, -0.25) is 4.79 Å². The third-order valence-corrected chi connectivity index (χ3v) is 4.38. The number of esters is 1. The fourth-order valence-electron chi connectivity index (χ4n) is 2.77. The maximum absolute atomic E-state index is 12.5. The molecule has 3 rings (SSSR count). The Hall–Kier alpha value is -4.37. The molecule has 0 radical (unpaired) electrons. The SMILES string of the molecule is COC(=O)c1ccc(COc2ccccc2/C=C(\C#N)C(=O)Nc2ccccc2)cc1. The number of para-hydroxylation sites is 2. The second-order valence-electron chi connectivity index (χ2n) is 6.50. The van der Waals surface area contributed by atoms with E-state index >= 15 is 0 Å². The molecule has 3 aromatic rings. The third kappa shape index (κ3) is 5.81. The molecule has 0 heterocycles. The number of carbonyl (C=O) groups excluding carboxylic acids is 2. The molecule has 0 unspecified atom stereocenters. The van der Waals surface area contributed by atoms with Crippen LogP contribution in [-0.2, 0) is 16.1 Å². The molecule has 31 heavy (non-hydrogen) atoms. The van der Waals surface area contributed by atoms with Gasteiger partial charge in [0.2, 0.25) is 0 Å². The molecule has 1 amide bonds. The topological polar surface area (TPSA) is 88.4 Å². The number of methoxy groups -OCH3 is 1. The highest BCUT2D eigenvalue weighted by Crippen LogP contribution is 2.23. The number of anilines is 1. The van der Waals surface area contributed by atoms with E-state index in [9.17, 15) is 14.9 Å². The number of nitriles is 1. The van der Waals surface area contributed by atoms with Crippen LogP contribution in [0.2, 0.25) is 0 Å². The molecule has 0 fully saturated rings. The molecule has 0 atom stereocenters. The Kier molecular flexibility index (Phi) is 7.17. The predicted molar refractivity (Wildman–Crippen MR) is 117 cm³/mol. The van der Waals surface area contributed by atoms with E-state index in [0.717, 1.165) is 5.56 Å². The lowest BCUT2D eigenvalue weighted by molar-refractivity contribution is -0.112. The van der Waals surface area contributed by atoms with E-state index in [2.05, 4.69) is 10.1 Å². The molecular weight excluding hydrogens is 392 g/mol. The summed E-state index contributed by atoms with van der Waals surface area (Å²) in [5.41, 5.74) is 2.48. The standard InChI is InChI=1S/C25H20N2O4/c1-30-25(29)19-13-11-18(12-14-19)17-31-23-10-6-5-7-20(23)15-21(16-26)24(28)27-22-8-3-2-4-9-22/h2-15H,17H2,1H3,(H,27,28)/b21-15+. The van der Waals surface area contributed by atoms with Crippen molar-refractivity contribution in [1.82, 2.24) is 0 Å².